The minimum absolute atomic E-state index is 0.00372. The van der Waals surface area contributed by atoms with Crippen molar-refractivity contribution < 1.29 is 33.8 Å². The van der Waals surface area contributed by atoms with E-state index in [1.54, 1.807) is 36.4 Å². The van der Waals surface area contributed by atoms with Crippen LogP contribution < -0.4 is 9.44 Å². The molecule has 0 radical (unpaired) electrons. The third kappa shape index (κ3) is 10.4. The summed E-state index contributed by atoms with van der Waals surface area (Å²) in [5.74, 6) is 0. The topological polar surface area (TPSA) is 146 Å². The Morgan fingerprint density at radius 1 is 0.603 bits per heavy atom. The number of rotatable bonds is 16. The second-order valence-electron chi connectivity index (χ2n) is 14.1. The number of fused-ring (bicyclic) bond motifs is 2. The summed E-state index contributed by atoms with van der Waals surface area (Å²) in [6, 6.07) is 29.4. The predicted octanol–water partition coefficient (Wildman–Crippen LogP) is 9.37. The molecule has 2 heterocycles. The Labute approximate surface area is 350 Å². The maximum atomic E-state index is 13.6. The number of halogens is 3. The van der Waals surface area contributed by atoms with Crippen LogP contribution in [0.25, 0.3) is 21.8 Å². The molecule has 58 heavy (non-hydrogen) atoms. The Kier molecular flexibility index (Phi) is 14.0. The number of sulfonamides is 2. The Morgan fingerprint density at radius 2 is 1.00 bits per heavy atom. The van der Waals surface area contributed by atoms with Crippen molar-refractivity contribution in [1.82, 2.24) is 9.13 Å². The van der Waals surface area contributed by atoms with Crippen LogP contribution in [0.5, 0.6) is 0 Å². The number of aromatic nitrogens is 2. The van der Waals surface area contributed by atoms with Crippen molar-refractivity contribution in [2.24, 2.45) is 0 Å². The summed E-state index contributed by atoms with van der Waals surface area (Å²) in [6.45, 7) is 3.56. The first kappa shape index (κ1) is 45.0. The number of nitrogens with zero attached hydrogens (tertiary/aromatic N) is 2. The molecule has 0 fully saturated rings. The smallest absolute Gasteiger partial charge is 0.264 e. The largest absolute Gasteiger partial charge is 0.337 e. The predicted molar refractivity (Wildman–Crippen MR) is 234 cm³/mol. The Morgan fingerprint density at radius 3 is 1.34 bits per heavy atom. The molecule has 6 rings (SSSR count). The first-order chi connectivity index (χ1) is 27.3. The van der Waals surface area contributed by atoms with Gasteiger partial charge in [-0.15, -0.1) is 0 Å². The SMILES string of the molecule is CCC(CCF)(c1ccc(Cl)cc1)n1ccc2c(NS(C)(=O)=O)cccc21.CCC(CCOS(C)(=O)=O)(c1ccc(Cl)cc1)n1ccc2c(NS(C)(=O)=O)cccc21. The molecule has 0 saturated carbocycles. The van der Waals surface area contributed by atoms with Gasteiger partial charge in [0.1, 0.15) is 0 Å². The van der Waals surface area contributed by atoms with E-state index in [9.17, 15) is 29.6 Å². The van der Waals surface area contributed by atoms with Gasteiger partial charge in [0.15, 0.2) is 0 Å². The van der Waals surface area contributed by atoms with Gasteiger partial charge in [0.25, 0.3) is 10.1 Å². The van der Waals surface area contributed by atoms with Gasteiger partial charge in [-0.1, -0.05) is 73.4 Å². The van der Waals surface area contributed by atoms with Gasteiger partial charge in [-0.05, 0) is 91.1 Å². The van der Waals surface area contributed by atoms with Crippen LogP contribution in [0.1, 0.15) is 50.7 Å². The van der Waals surface area contributed by atoms with E-state index in [4.69, 9.17) is 27.4 Å². The van der Waals surface area contributed by atoms with Gasteiger partial charge in [-0.3, -0.25) is 18.0 Å². The van der Waals surface area contributed by atoms with E-state index in [0.29, 0.717) is 47.1 Å². The maximum Gasteiger partial charge on any atom is 0.264 e. The monoisotopic (exact) mass is 892 g/mol. The third-order valence-corrected chi connectivity index (χ3v) is 12.5. The minimum atomic E-state index is -3.59. The molecule has 0 bridgehead atoms. The second kappa shape index (κ2) is 18.0. The Bertz CT molecular complexity index is 2710. The van der Waals surface area contributed by atoms with Crippen molar-refractivity contribution >= 4 is 86.5 Å². The zero-order valence-electron chi connectivity index (χ0n) is 32.7. The molecule has 2 unspecified atom stereocenters. The zero-order valence-corrected chi connectivity index (χ0v) is 36.7. The van der Waals surface area contributed by atoms with Crippen molar-refractivity contribution in [3.8, 4) is 0 Å². The highest BCUT2D eigenvalue weighted by Gasteiger charge is 2.35. The van der Waals surface area contributed by atoms with Crippen molar-refractivity contribution in [2.75, 3.05) is 41.5 Å². The average Bonchev–Trinajstić information content (AvgIpc) is 3.79. The molecule has 2 N–H and O–H groups in total. The van der Waals surface area contributed by atoms with E-state index in [-0.39, 0.29) is 6.61 Å². The molecular formula is C41H47Cl2FN4O7S3. The first-order valence-corrected chi connectivity index (χ1v) is 24.7. The van der Waals surface area contributed by atoms with E-state index >= 15 is 0 Å². The van der Waals surface area contributed by atoms with Crippen LogP contribution in [-0.4, -0.2) is 66.4 Å². The molecule has 0 amide bonds. The van der Waals surface area contributed by atoms with Crippen LogP contribution in [0.2, 0.25) is 10.0 Å². The number of hydrogen-bond donors (Lipinski definition) is 2. The summed E-state index contributed by atoms with van der Waals surface area (Å²) in [6.07, 6.45) is 9.02. The molecule has 0 aliphatic rings. The van der Waals surface area contributed by atoms with E-state index in [1.807, 2.05) is 96.0 Å². The van der Waals surface area contributed by atoms with Crippen molar-refractivity contribution in [3.63, 3.8) is 0 Å². The summed E-state index contributed by atoms with van der Waals surface area (Å²) >= 11 is 12.1. The molecule has 6 aromatic rings. The van der Waals surface area contributed by atoms with E-state index < -0.39 is 47.9 Å². The van der Waals surface area contributed by atoms with E-state index in [1.165, 1.54) is 0 Å². The van der Waals surface area contributed by atoms with Crippen LogP contribution >= 0.6 is 23.2 Å². The van der Waals surface area contributed by atoms with Gasteiger partial charge in [-0.2, -0.15) is 8.42 Å². The van der Waals surface area contributed by atoms with Gasteiger partial charge in [-0.25, -0.2) is 16.8 Å². The summed E-state index contributed by atoms with van der Waals surface area (Å²) in [5.41, 5.74) is 3.31. The van der Waals surface area contributed by atoms with E-state index in [0.717, 1.165) is 51.7 Å². The molecule has 0 aliphatic carbocycles. The van der Waals surface area contributed by atoms with Crippen LogP contribution in [-0.2, 0) is 45.4 Å². The number of anilines is 2. The van der Waals surface area contributed by atoms with Crippen LogP contribution in [0.15, 0.2) is 109 Å². The van der Waals surface area contributed by atoms with Gasteiger partial charge in [0, 0.05) is 39.6 Å². The van der Waals surface area contributed by atoms with Crippen LogP contribution in [0.4, 0.5) is 15.8 Å². The first-order valence-electron chi connectivity index (χ1n) is 18.3. The second-order valence-corrected chi connectivity index (χ2v) is 20.1. The van der Waals surface area contributed by atoms with Gasteiger partial charge in [0.05, 0.1) is 65.5 Å². The highest BCUT2D eigenvalue weighted by atomic mass is 35.5. The number of nitrogens with one attached hydrogen (secondary N) is 2. The lowest BCUT2D eigenvalue weighted by Gasteiger charge is -2.36. The van der Waals surface area contributed by atoms with Crippen molar-refractivity contribution in [3.05, 3.63) is 131 Å². The highest BCUT2D eigenvalue weighted by molar-refractivity contribution is 7.92. The molecule has 312 valence electrons. The number of alkyl halides is 1. The van der Waals surface area contributed by atoms with Crippen molar-refractivity contribution in [2.45, 2.75) is 50.6 Å². The minimum Gasteiger partial charge on any atom is -0.337 e. The standard InChI is InChI=1S/C21H25ClN2O5S2.C20H22ClFN2O2S/c1-4-21(13-15-29-31(3,27)28,16-8-10-17(22)11-9-16)24-14-12-18-19(23-30(2,25)26)6-5-7-20(18)24;1-3-20(12-13-22,15-7-9-16(21)10-8-15)24-14-11-17-18(23-27(2,25)26)5-4-6-19(17)24/h5-12,14,23H,4,13,15H2,1-3H3;4-11,14,23H,3,12-13H2,1-2H3. The van der Waals surface area contributed by atoms with Gasteiger partial charge in [0.2, 0.25) is 20.0 Å². The lowest BCUT2D eigenvalue weighted by atomic mass is 9.83. The van der Waals surface area contributed by atoms with E-state index in [2.05, 4.69) is 9.44 Å². The molecule has 0 spiro atoms. The zero-order chi connectivity index (χ0) is 42.5. The molecule has 17 heteroatoms. The van der Waals surface area contributed by atoms with Gasteiger partial charge >= 0.3 is 0 Å². The molecule has 2 aromatic heterocycles. The Balaban J connectivity index is 0.000000223. The number of benzene rings is 4. The lowest BCUT2D eigenvalue weighted by molar-refractivity contribution is 0.234. The summed E-state index contributed by atoms with van der Waals surface area (Å²) in [7, 11) is -10.4. The molecule has 11 nitrogen and oxygen atoms in total. The fourth-order valence-electron chi connectivity index (χ4n) is 7.61. The summed E-state index contributed by atoms with van der Waals surface area (Å²) < 4.78 is 97.9. The van der Waals surface area contributed by atoms with Gasteiger partial charge < -0.3 is 9.13 Å². The number of hydrogen-bond acceptors (Lipinski definition) is 7. The lowest BCUT2D eigenvalue weighted by Crippen LogP contribution is -2.35. The summed E-state index contributed by atoms with van der Waals surface area (Å²) in [4.78, 5) is 0. The van der Waals surface area contributed by atoms with Crippen LogP contribution in [0, 0.1) is 0 Å². The average molecular weight is 894 g/mol. The molecule has 4 aromatic carbocycles. The maximum absolute atomic E-state index is 13.6. The fraction of sp³-hybridized carbons (Fsp3) is 0.317. The molecule has 0 saturated heterocycles. The highest BCUT2D eigenvalue weighted by Crippen LogP contribution is 2.41. The Hall–Kier alpha value is -4.12. The fourth-order valence-corrected chi connectivity index (χ4v) is 9.40. The quantitative estimate of drug-likeness (QED) is 0.0922. The molecular weight excluding hydrogens is 847 g/mol. The van der Waals surface area contributed by atoms with Crippen molar-refractivity contribution in [1.29, 1.82) is 0 Å². The third-order valence-electron chi connectivity index (χ3n) is 10.2. The van der Waals surface area contributed by atoms with Crippen LogP contribution in [0.3, 0.4) is 0 Å². The normalized spacial score (nSPS) is 14.3. The molecule has 0 aliphatic heterocycles. The molecule has 2 atom stereocenters. The summed E-state index contributed by atoms with van der Waals surface area (Å²) in [5, 5.41) is 2.73.